The first kappa shape index (κ1) is 20.2. The van der Waals surface area contributed by atoms with Crippen molar-refractivity contribution in [2.45, 2.75) is 6.18 Å². The molecule has 0 atom stereocenters. The van der Waals surface area contributed by atoms with Gasteiger partial charge < -0.3 is 9.30 Å². The van der Waals surface area contributed by atoms with E-state index in [0.29, 0.717) is 28.5 Å². The normalized spacial score (nSPS) is 12.1. The summed E-state index contributed by atoms with van der Waals surface area (Å²) in [6.07, 6.45) is -2.70. The van der Waals surface area contributed by atoms with Crippen molar-refractivity contribution in [3.8, 4) is 23.0 Å². The van der Waals surface area contributed by atoms with Crippen molar-refractivity contribution in [2.24, 2.45) is 7.05 Å². The fraction of sp³-hybridized carbons (Fsp3) is 0.0800. The molecule has 0 bridgehead atoms. The van der Waals surface area contributed by atoms with Crippen molar-refractivity contribution in [3.63, 3.8) is 0 Å². The summed E-state index contributed by atoms with van der Waals surface area (Å²) < 4.78 is 47.2. The predicted octanol–water partition coefficient (Wildman–Crippen LogP) is 6.48. The Bertz CT molecular complexity index is 1700. The molecule has 0 aliphatic carbocycles. The quantitative estimate of drug-likeness (QED) is 0.329. The molecule has 9 heteroatoms. The minimum absolute atomic E-state index is 0.251. The van der Waals surface area contributed by atoms with E-state index in [-0.39, 0.29) is 5.52 Å². The van der Waals surface area contributed by atoms with E-state index in [1.807, 2.05) is 48.5 Å². The highest BCUT2D eigenvalue weighted by Gasteiger charge is 2.31. The van der Waals surface area contributed by atoms with Gasteiger partial charge in [0.25, 0.3) is 0 Å². The van der Waals surface area contributed by atoms with Crippen molar-refractivity contribution >= 4 is 32.8 Å². The van der Waals surface area contributed by atoms with E-state index in [0.717, 1.165) is 33.9 Å². The van der Waals surface area contributed by atoms with Crippen LogP contribution in [0.1, 0.15) is 5.56 Å². The molecule has 0 aliphatic heterocycles. The number of hydrogen-bond acceptors (Lipinski definition) is 4. The maximum absolute atomic E-state index is 13.1. The van der Waals surface area contributed by atoms with Gasteiger partial charge >= 0.3 is 6.18 Å². The van der Waals surface area contributed by atoms with Gasteiger partial charge in [0.1, 0.15) is 17.2 Å². The van der Waals surface area contributed by atoms with Gasteiger partial charge in [-0.05, 0) is 60.7 Å². The van der Waals surface area contributed by atoms with Gasteiger partial charge in [0.2, 0.25) is 0 Å². The zero-order chi connectivity index (χ0) is 23.4. The number of fused-ring (bicyclic) bond motifs is 3. The van der Waals surface area contributed by atoms with Crippen LogP contribution >= 0.6 is 0 Å². The van der Waals surface area contributed by atoms with Crippen LogP contribution in [0.4, 0.5) is 13.2 Å². The van der Waals surface area contributed by atoms with Crippen LogP contribution in [-0.2, 0) is 13.2 Å². The molecule has 3 aromatic carbocycles. The van der Waals surface area contributed by atoms with Crippen molar-refractivity contribution in [1.82, 2.24) is 24.7 Å². The first-order valence-corrected chi connectivity index (χ1v) is 10.4. The molecule has 0 unspecified atom stereocenters. The fourth-order valence-corrected chi connectivity index (χ4v) is 4.07. The summed E-state index contributed by atoms with van der Waals surface area (Å²) in [5.74, 6) is 1.71. The molecule has 3 heterocycles. The lowest BCUT2D eigenvalue weighted by Gasteiger charge is -2.07. The summed E-state index contributed by atoms with van der Waals surface area (Å²) in [5.41, 5.74) is 2.25. The van der Waals surface area contributed by atoms with E-state index >= 15 is 0 Å². The lowest BCUT2D eigenvalue weighted by molar-refractivity contribution is -0.137. The van der Waals surface area contributed by atoms with Crippen LogP contribution in [0.5, 0.6) is 11.5 Å². The molecule has 3 aromatic heterocycles. The van der Waals surface area contributed by atoms with Crippen LogP contribution in [0, 0.1) is 0 Å². The van der Waals surface area contributed by atoms with Crippen LogP contribution in [-0.4, -0.2) is 24.7 Å². The zero-order valence-electron chi connectivity index (χ0n) is 17.8. The molecule has 34 heavy (non-hydrogen) atoms. The molecule has 6 aromatic rings. The third kappa shape index (κ3) is 3.33. The van der Waals surface area contributed by atoms with Crippen LogP contribution in [0.15, 0.2) is 72.9 Å². The number of aromatic amines is 1. The fourth-order valence-electron chi connectivity index (χ4n) is 4.07. The van der Waals surface area contributed by atoms with E-state index in [2.05, 4.69) is 20.2 Å². The number of halogens is 3. The molecule has 0 fully saturated rings. The SMILES string of the molecule is Cn1c(-c2n[nH]c3ccc(Oc4ccc5ncccc5c4)cc23)nc2cc(C(F)(F)F)ccc21. The summed E-state index contributed by atoms with van der Waals surface area (Å²) in [7, 11) is 1.75. The monoisotopic (exact) mass is 459 g/mol. The number of imidazole rings is 1. The van der Waals surface area contributed by atoms with Gasteiger partial charge in [-0.25, -0.2) is 4.98 Å². The number of benzene rings is 3. The first-order chi connectivity index (χ1) is 16.4. The smallest absolute Gasteiger partial charge is 0.416 e. The summed E-state index contributed by atoms with van der Waals surface area (Å²) in [6, 6.07) is 18.5. The number of aryl methyl sites for hydroxylation is 1. The van der Waals surface area contributed by atoms with E-state index in [4.69, 9.17) is 4.74 Å². The Morgan fingerprint density at radius 1 is 0.912 bits per heavy atom. The molecule has 0 radical (unpaired) electrons. The number of pyridine rings is 1. The number of H-pyrrole nitrogens is 1. The third-order valence-electron chi connectivity index (χ3n) is 5.76. The highest BCUT2D eigenvalue weighted by molar-refractivity contribution is 5.94. The predicted molar refractivity (Wildman–Crippen MR) is 123 cm³/mol. The molecule has 0 spiro atoms. The van der Waals surface area contributed by atoms with Gasteiger partial charge in [0, 0.05) is 24.0 Å². The maximum atomic E-state index is 13.1. The summed E-state index contributed by atoms with van der Waals surface area (Å²) in [4.78, 5) is 8.77. The number of ether oxygens (including phenoxy) is 1. The molecule has 168 valence electrons. The molecule has 0 saturated carbocycles. The largest absolute Gasteiger partial charge is 0.457 e. The lowest BCUT2D eigenvalue weighted by atomic mass is 10.2. The molecular weight excluding hydrogens is 443 g/mol. The minimum Gasteiger partial charge on any atom is -0.457 e. The second-order valence-electron chi connectivity index (χ2n) is 7.94. The summed E-state index contributed by atoms with van der Waals surface area (Å²) in [6.45, 7) is 0. The van der Waals surface area contributed by atoms with Crippen molar-refractivity contribution in [2.75, 3.05) is 0 Å². The molecular formula is C25H16F3N5O. The van der Waals surface area contributed by atoms with Gasteiger partial charge in [-0.2, -0.15) is 18.3 Å². The molecule has 0 amide bonds. The zero-order valence-corrected chi connectivity index (χ0v) is 17.8. The molecule has 0 saturated heterocycles. The molecule has 1 N–H and O–H groups in total. The second kappa shape index (κ2) is 7.31. The molecule has 6 nitrogen and oxygen atoms in total. The Morgan fingerprint density at radius 2 is 1.74 bits per heavy atom. The Balaban J connectivity index is 1.41. The summed E-state index contributed by atoms with van der Waals surface area (Å²) in [5, 5.41) is 9.06. The number of nitrogens with zero attached hydrogens (tertiary/aromatic N) is 4. The van der Waals surface area contributed by atoms with E-state index in [1.54, 1.807) is 17.8 Å². The van der Waals surface area contributed by atoms with Gasteiger partial charge in [-0.3, -0.25) is 10.1 Å². The topological polar surface area (TPSA) is 68.6 Å². The number of alkyl halides is 3. The third-order valence-corrected chi connectivity index (χ3v) is 5.76. The highest BCUT2D eigenvalue weighted by atomic mass is 19.4. The second-order valence-corrected chi connectivity index (χ2v) is 7.94. The van der Waals surface area contributed by atoms with Gasteiger partial charge in [-0.1, -0.05) is 6.07 Å². The van der Waals surface area contributed by atoms with Gasteiger partial charge in [0.15, 0.2) is 5.82 Å². The van der Waals surface area contributed by atoms with Crippen LogP contribution < -0.4 is 4.74 Å². The summed E-state index contributed by atoms with van der Waals surface area (Å²) >= 11 is 0. The van der Waals surface area contributed by atoms with Gasteiger partial charge in [0.05, 0.1) is 27.6 Å². The number of rotatable bonds is 3. The lowest BCUT2D eigenvalue weighted by Crippen LogP contribution is -2.04. The van der Waals surface area contributed by atoms with Crippen LogP contribution in [0.2, 0.25) is 0 Å². The molecule has 6 rings (SSSR count). The number of nitrogens with one attached hydrogen (secondary N) is 1. The van der Waals surface area contributed by atoms with Crippen molar-refractivity contribution < 1.29 is 17.9 Å². The Morgan fingerprint density at radius 3 is 2.59 bits per heavy atom. The Hall–Kier alpha value is -4.40. The minimum atomic E-state index is -4.43. The Labute approximate surface area is 190 Å². The van der Waals surface area contributed by atoms with Crippen LogP contribution in [0.3, 0.4) is 0 Å². The average molecular weight is 459 g/mol. The van der Waals surface area contributed by atoms with Gasteiger partial charge in [-0.15, -0.1) is 0 Å². The highest BCUT2D eigenvalue weighted by Crippen LogP contribution is 2.35. The number of aromatic nitrogens is 5. The average Bonchev–Trinajstić information content (AvgIpc) is 3.38. The number of hydrogen-bond donors (Lipinski definition) is 1. The van der Waals surface area contributed by atoms with E-state index in [9.17, 15) is 13.2 Å². The van der Waals surface area contributed by atoms with Crippen molar-refractivity contribution in [1.29, 1.82) is 0 Å². The maximum Gasteiger partial charge on any atom is 0.416 e. The van der Waals surface area contributed by atoms with Crippen molar-refractivity contribution in [3.05, 3.63) is 78.5 Å². The first-order valence-electron chi connectivity index (χ1n) is 10.4. The van der Waals surface area contributed by atoms with E-state index in [1.165, 1.54) is 6.07 Å². The van der Waals surface area contributed by atoms with Crippen LogP contribution in [0.25, 0.3) is 44.4 Å². The standard InChI is InChI=1S/C25H16F3N5O/c1-33-22-9-4-15(25(26,27)28)12-21(22)30-24(33)23-18-13-17(6-8-20(18)31-32-23)34-16-5-7-19-14(11-16)3-2-10-29-19/h2-13H,1H3,(H,31,32). The Kier molecular flexibility index (Phi) is 4.35. The van der Waals surface area contributed by atoms with E-state index < -0.39 is 11.7 Å². The molecule has 0 aliphatic rings.